The zero-order chi connectivity index (χ0) is 40.9. The largest absolute Gasteiger partial charge is 0.460 e. The van der Waals surface area contributed by atoms with E-state index in [-0.39, 0.29) is 50.3 Å². The average Bonchev–Trinajstić information content (AvgIpc) is 3.83. The van der Waals surface area contributed by atoms with Crippen molar-refractivity contribution in [3.63, 3.8) is 0 Å². The molecule has 306 valence electrons. The molecule has 3 atom stereocenters. The van der Waals surface area contributed by atoms with Crippen molar-refractivity contribution in [3.8, 4) is 11.1 Å². The van der Waals surface area contributed by atoms with Crippen LogP contribution in [0.4, 0.5) is 9.59 Å². The number of carbonyl (C=O) groups is 4. The fourth-order valence-corrected chi connectivity index (χ4v) is 8.27. The van der Waals surface area contributed by atoms with E-state index in [4.69, 9.17) is 14.2 Å². The molecule has 2 N–H and O–H groups in total. The molecule has 0 bridgehead atoms. The standard InChI is InChI=1S/C47H56N4O7/c1-4-16-42(49-47(55)58-32-41-39-24-13-11-22-37(39)38-23-12-14-25-40(38)41)44(45(53)56-30-34-17-7-5-8-18-34)51-27-15-21-36(51)26-28-50(33(2)3)43(52)29-48-46(54)57-31-35-19-9-6-10-20-35/h5-14,17-20,22-25,33,36,41-42,44H,4,15-16,21,26-32H2,1-3H3,(H,48,54)(H,49,55)/t36?,42?,44-/m0/s1. The number of amides is 3. The third kappa shape index (κ3) is 10.8. The number of hydrogen-bond donors (Lipinski definition) is 2. The summed E-state index contributed by atoms with van der Waals surface area (Å²) in [7, 11) is 0. The molecule has 1 aliphatic heterocycles. The molecule has 0 aromatic heterocycles. The SMILES string of the molecule is CCCC(NC(=O)OCC1c2ccccc2-c2ccccc21)[C@@H](C(=O)OCc1ccccc1)N1CCCC1CCN(C(=O)CNC(=O)OCc1ccccc1)C(C)C. The predicted octanol–water partition coefficient (Wildman–Crippen LogP) is 7.82. The summed E-state index contributed by atoms with van der Waals surface area (Å²) in [4.78, 5) is 57.7. The molecule has 1 saturated heterocycles. The Labute approximate surface area is 342 Å². The maximum absolute atomic E-state index is 14.3. The number of alkyl carbamates (subject to hydrolysis) is 2. The molecule has 1 heterocycles. The van der Waals surface area contributed by atoms with E-state index in [2.05, 4.69) is 39.8 Å². The first-order chi connectivity index (χ1) is 28.2. The fourth-order valence-electron chi connectivity index (χ4n) is 8.27. The Bertz CT molecular complexity index is 1930. The van der Waals surface area contributed by atoms with E-state index in [1.165, 1.54) is 0 Å². The van der Waals surface area contributed by atoms with Gasteiger partial charge in [0.15, 0.2) is 0 Å². The number of likely N-dealkylation sites (tertiary alicyclic amines) is 1. The summed E-state index contributed by atoms with van der Waals surface area (Å²) >= 11 is 0. The third-order valence-corrected chi connectivity index (χ3v) is 11.1. The number of fused-ring (bicyclic) bond motifs is 3. The van der Waals surface area contributed by atoms with E-state index < -0.39 is 30.2 Å². The number of esters is 1. The first kappa shape index (κ1) is 41.9. The Hall–Kier alpha value is -5.68. The lowest BCUT2D eigenvalue weighted by Crippen LogP contribution is -2.58. The topological polar surface area (TPSA) is 127 Å². The van der Waals surface area contributed by atoms with Crippen LogP contribution in [-0.4, -0.2) is 84.3 Å². The van der Waals surface area contributed by atoms with E-state index in [1.54, 1.807) is 4.90 Å². The van der Waals surface area contributed by atoms with Crippen LogP contribution in [0.2, 0.25) is 0 Å². The molecule has 4 aromatic rings. The average molecular weight is 789 g/mol. The van der Waals surface area contributed by atoms with Crippen molar-refractivity contribution in [2.24, 2.45) is 0 Å². The van der Waals surface area contributed by atoms with Gasteiger partial charge in [-0.25, -0.2) is 9.59 Å². The van der Waals surface area contributed by atoms with Crippen molar-refractivity contribution in [1.82, 2.24) is 20.4 Å². The minimum absolute atomic E-state index is 0.0595. The Morgan fingerprint density at radius 1 is 0.759 bits per heavy atom. The highest BCUT2D eigenvalue weighted by Gasteiger charge is 2.42. The maximum atomic E-state index is 14.3. The summed E-state index contributed by atoms with van der Waals surface area (Å²) in [5.41, 5.74) is 6.26. The summed E-state index contributed by atoms with van der Waals surface area (Å²) in [5.74, 6) is -0.738. The van der Waals surface area contributed by atoms with E-state index >= 15 is 0 Å². The molecule has 4 aromatic carbocycles. The summed E-state index contributed by atoms with van der Waals surface area (Å²) in [6.45, 7) is 7.14. The van der Waals surface area contributed by atoms with Gasteiger partial charge < -0.3 is 29.7 Å². The van der Waals surface area contributed by atoms with Gasteiger partial charge in [0.2, 0.25) is 5.91 Å². The Morgan fingerprint density at radius 2 is 1.34 bits per heavy atom. The van der Waals surface area contributed by atoms with Crippen molar-refractivity contribution in [3.05, 3.63) is 131 Å². The van der Waals surface area contributed by atoms with Gasteiger partial charge >= 0.3 is 18.2 Å². The third-order valence-electron chi connectivity index (χ3n) is 11.1. The molecule has 58 heavy (non-hydrogen) atoms. The number of hydrogen-bond acceptors (Lipinski definition) is 8. The summed E-state index contributed by atoms with van der Waals surface area (Å²) in [6.07, 6.45) is 2.26. The first-order valence-corrected chi connectivity index (χ1v) is 20.5. The molecule has 11 nitrogen and oxygen atoms in total. The highest BCUT2D eigenvalue weighted by Crippen LogP contribution is 2.44. The van der Waals surface area contributed by atoms with E-state index in [0.717, 1.165) is 46.2 Å². The number of nitrogens with zero attached hydrogens (tertiary/aromatic N) is 2. The van der Waals surface area contributed by atoms with Crippen LogP contribution in [0.5, 0.6) is 0 Å². The van der Waals surface area contributed by atoms with Crippen molar-refractivity contribution < 1.29 is 33.4 Å². The predicted molar refractivity (Wildman–Crippen MR) is 223 cm³/mol. The Kier molecular flexibility index (Phi) is 14.9. The van der Waals surface area contributed by atoms with Crippen molar-refractivity contribution in [2.45, 2.75) is 96.2 Å². The molecule has 1 aliphatic carbocycles. The lowest BCUT2D eigenvalue weighted by atomic mass is 9.98. The molecule has 6 rings (SSSR count). The van der Waals surface area contributed by atoms with Gasteiger partial charge in [0, 0.05) is 24.5 Å². The lowest BCUT2D eigenvalue weighted by Gasteiger charge is -2.37. The van der Waals surface area contributed by atoms with Crippen LogP contribution in [0.15, 0.2) is 109 Å². The van der Waals surface area contributed by atoms with Crippen LogP contribution < -0.4 is 10.6 Å². The van der Waals surface area contributed by atoms with Crippen LogP contribution in [0.3, 0.4) is 0 Å². The quantitative estimate of drug-likeness (QED) is 0.0773. The highest BCUT2D eigenvalue weighted by molar-refractivity contribution is 5.83. The van der Waals surface area contributed by atoms with Gasteiger partial charge in [-0.2, -0.15) is 0 Å². The number of nitrogens with one attached hydrogen (secondary N) is 2. The number of carbonyl (C=O) groups excluding carboxylic acids is 4. The zero-order valence-corrected chi connectivity index (χ0v) is 33.8. The summed E-state index contributed by atoms with van der Waals surface area (Å²) < 4.78 is 17.3. The van der Waals surface area contributed by atoms with Gasteiger partial charge in [0.1, 0.15) is 32.4 Å². The molecule has 11 heteroatoms. The minimum Gasteiger partial charge on any atom is -0.460 e. The Balaban J connectivity index is 1.12. The lowest BCUT2D eigenvalue weighted by molar-refractivity contribution is -0.153. The fraction of sp³-hybridized carbons (Fsp3) is 0.404. The highest BCUT2D eigenvalue weighted by atomic mass is 16.6. The number of benzene rings is 4. The number of ether oxygens (including phenoxy) is 3. The number of rotatable bonds is 18. The van der Waals surface area contributed by atoms with Crippen LogP contribution in [-0.2, 0) is 37.0 Å². The monoisotopic (exact) mass is 788 g/mol. The van der Waals surface area contributed by atoms with Crippen LogP contribution in [0.25, 0.3) is 11.1 Å². The van der Waals surface area contributed by atoms with E-state index in [1.807, 2.05) is 106 Å². The molecule has 1 fully saturated rings. The molecule has 0 spiro atoms. The normalized spacial score (nSPS) is 15.8. The van der Waals surface area contributed by atoms with E-state index in [9.17, 15) is 19.2 Å². The maximum Gasteiger partial charge on any atom is 0.407 e. The van der Waals surface area contributed by atoms with Crippen LogP contribution in [0, 0.1) is 0 Å². The molecule has 2 aliphatic rings. The Morgan fingerprint density at radius 3 is 1.95 bits per heavy atom. The van der Waals surface area contributed by atoms with Gasteiger partial charge in [-0.3, -0.25) is 14.5 Å². The van der Waals surface area contributed by atoms with Gasteiger partial charge in [-0.15, -0.1) is 0 Å². The van der Waals surface area contributed by atoms with Crippen molar-refractivity contribution >= 4 is 24.1 Å². The summed E-state index contributed by atoms with van der Waals surface area (Å²) in [6, 6.07) is 33.8. The second-order valence-corrected chi connectivity index (χ2v) is 15.3. The van der Waals surface area contributed by atoms with Gasteiger partial charge in [0.25, 0.3) is 0 Å². The van der Waals surface area contributed by atoms with Crippen molar-refractivity contribution in [1.29, 1.82) is 0 Å². The molecule has 0 radical (unpaired) electrons. The van der Waals surface area contributed by atoms with E-state index in [0.29, 0.717) is 32.4 Å². The second-order valence-electron chi connectivity index (χ2n) is 15.3. The summed E-state index contributed by atoms with van der Waals surface area (Å²) in [5, 5.41) is 5.69. The molecule has 3 amide bonds. The second kappa shape index (κ2) is 20.7. The molecular weight excluding hydrogens is 733 g/mol. The minimum atomic E-state index is -0.777. The van der Waals surface area contributed by atoms with Gasteiger partial charge in [-0.1, -0.05) is 123 Å². The molecule has 0 saturated carbocycles. The molecule has 2 unspecified atom stereocenters. The van der Waals surface area contributed by atoms with Crippen LogP contribution in [0.1, 0.15) is 81.0 Å². The van der Waals surface area contributed by atoms with Crippen LogP contribution >= 0.6 is 0 Å². The van der Waals surface area contributed by atoms with Gasteiger partial charge in [0.05, 0.1) is 6.04 Å². The zero-order valence-electron chi connectivity index (χ0n) is 33.8. The smallest absolute Gasteiger partial charge is 0.407 e. The molecular formula is C47H56N4O7. The van der Waals surface area contributed by atoms with Gasteiger partial charge in [-0.05, 0) is 79.5 Å². The first-order valence-electron chi connectivity index (χ1n) is 20.5. The van der Waals surface area contributed by atoms with Crippen molar-refractivity contribution in [2.75, 3.05) is 26.2 Å².